The van der Waals surface area contributed by atoms with Crippen molar-refractivity contribution in [3.05, 3.63) is 72.3 Å². The Morgan fingerprint density at radius 3 is 2.22 bits per heavy atom. The minimum absolute atomic E-state index is 0.0784. The van der Waals surface area contributed by atoms with Gasteiger partial charge in [-0.2, -0.15) is 0 Å². The molecule has 3 rings (SSSR count). The second-order valence-corrected chi connectivity index (χ2v) is 7.79. The number of fused-ring (bicyclic) bond motifs is 1. The van der Waals surface area contributed by atoms with E-state index in [1.165, 1.54) is 11.2 Å². The molecule has 0 amide bonds. The van der Waals surface area contributed by atoms with Crippen molar-refractivity contribution in [3.63, 3.8) is 0 Å². The first-order valence-electron chi connectivity index (χ1n) is 8.12. The Morgan fingerprint density at radius 1 is 0.963 bits per heavy atom. The monoisotopic (exact) mass is 399 g/mol. The van der Waals surface area contributed by atoms with Gasteiger partial charge in [-0.1, -0.05) is 42.1 Å². The summed E-state index contributed by atoms with van der Waals surface area (Å²) >= 11 is -1.32. The summed E-state index contributed by atoms with van der Waals surface area (Å²) in [6.45, 7) is 1.42. The number of thioether (sulfide) groups is 1. The van der Waals surface area contributed by atoms with Gasteiger partial charge >= 0.3 is 0 Å². The van der Waals surface area contributed by atoms with E-state index in [9.17, 15) is 18.4 Å². The lowest BCUT2D eigenvalue weighted by Crippen LogP contribution is -2.19. The molecule has 0 spiro atoms. The van der Waals surface area contributed by atoms with Gasteiger partial charge in [0, 0.05) is 12.5 Å². The molecule has 0 bridgehead atoms. The van der Waals surface area contributed by atoms with Gasteiger partial charge in [0.2, 0.25) is 0 Å². The predicted molar refractivity (Wildman–Crippen MR) is 111 cm³/mol. The number of Topliss-reactive ketones (excluding diaryl/α,β-unsaturated/α-hetero) is 1. The van der Waals surface area contributed by atoms with E-state index in [1.807, 2.05) is 36.4 Å². The first kappa shape index (κ1) is 19.3. The standard InChI is InChI=1S/C20H17NO4S2/c1-14(22)26-13-20(23)16-7-9-18(10-8-16)21(27(24)25)19-11-6-15-4-2-3-5-17(15)12-19/h2-12H,13H2,1H3,(H,24,25). The molecule has 0 aliphatic rings. The van der Waals surface area contributed by atoms with Crippen molar-refractivity contribution in [3.8, 4) is 0 Å². The maximum Gasteiger partial charge on any atom is 0.266 e. The molecule has 5 nitrogen and oxygen atoms in total. The average molecular weight is 399 g/mol. The molecule has 7 heteroatoms. The van der Waals surface area contributed by atoms with Crippen molar-refractivity contribution >= 4 is 56.1 Å². The van der Waals surface area contributed by atoms with Crippen LogP contribution in [0.4, 0.5) is 11.4 Å². The number of hydrogen-bond acceptors (Lipinski definition) is 4. The molecule has 3 aromatic rings. The highest BCUT2D eigenvalue weighted by Gasteiger charge is 2.16. The zero-order chi connectivity index (χ0) is 19.4. The quantitative estimate of drug-likeness (QED) is 0.485. The molecule has 1 unspecified atom stereocenters. The van der Waals surface area contributed by atoms with Crippen LogP contribution >= 0.6 is 11.8 Å². The highest BCUT2D eigenvalue weighted by molar-refractivity contribution is 8.14. The maximum absolute atomic E-state index is 12.1. The third-order valence-corrected chi connectivity index (χ3v) is 5.50. The van der Waals surface area contributed by atoms with E-state index in [0.717, 1.165) is 22.5 Å². The van der Waals surface area contributed by atoms with Crippen molar-refractivity contribution < 1.29 is 18.4 Å². The number of hydrogen-bond donors (Lipinski definition) is 1. The van der Waals surface area contributed by atoms with Crippen LogP contribution in [0, 0.1) is 0 Å². The molecule has 0 saturated carbocycles. The molecule has 3 aromatic carbocycles. The van der Waals surface area contributed by atoms with Crippen LogP contribution in [-0.4, -0.2) is 25.4 Å². The van der Waals surface area contributed by atoms with Crippen LogP contribution in [0.2, 0.25) is 0 Å². The van der Waals surface area contributed by atoms with Crippen LogP contribution in [0.5, 0.6) is 0 Å². The van der Waals surface area contributed by atoms with E-state index in [2.05, 4.69) is 0 Å². The van der Waals surface area contributed by atoms with Crippen LogP contribution in [-0.2, 0) is 16.1 Å². The number of nitrogens with zero attached hydrogens (tertiary/aromatic N) is 1. The second-order valence-electron chi connectivity index (χ2n) is 5.81. The smallest absolute Gasteiger partial charge is 0.266 e. The number of benzene rings is 3. The number of rotatable bonds is 6. The first-order valence-corrected chi connectivity index (χ1v) is 10.2. The van der Waals surface area contributed by atoms with E-state index in [4.69, 9.17) is 0 Å². The van der Waals surface area contributed by atoms with E-state index in [0.29, 0.717) is 16.9 Å². The zero-order valence-electron chi connectivity index (χ0n) is 14.5. The van der Waals surface area contributed by atoms with Crippen molar-refractivity contribution in [1.29, 1.82) is 0 Å². The normalized spacial score (nSPS) is 11.9. The molecular formula is C20H17NO4S2. The predicted octanol–water partition coefficient (Wildman–Crippen LogP) is 4.58. The van der Waals surface area contributed by atoms with Crippen LogP contribution < -0.4 is 4.31 Å². The molecule has 0 aromatic heterocycles. The highest BCUT2D eigenvalue weighted by atomic mass is 32.2. The van der Waals surface area contributed by atoms with Crippen LogP contribution in [0.15, 0.2) is 66.7 Å². The highest BCUT2D eigenvalue weighted by Crippen LogP contribution is 2.30. The molecule has 0 radical (unpaired) electrons. The summed E-state index contributed by atoms with van der Waals surface area (Å²) < 4.78 is 23.1. The van der Waals surface area contributed by atoms with Gasteiger partial charge in [-0.25, -0.2) is 8.51 Å². The molecule has 0 heterocycles. The lowest BCUT2D eigenvalue weighted by Gasteiger charge is -2.20. The van der Waals surface area contributed by atoms with E-state index in [-0.39, 0.29) is 16.7 Å². The van der Waals surface area contributed by atoms with Gasteiger partial charge in [0.1, 0.15) is 0 Å². The van der Waals surface area contributed by atoms with E-state index in [1.54, 1.807) is 30.3 Å². The average Bonchev–Trinajstić information content (AvgIpc) is 2.66. The fourth-order valence-electron chi connectivity index (χ4n) is 2.67. The number of carbonyl (C=O) groups excluding carboxylic acids is 2. The van der Waals surface area contributed by atoms with Gasteiger partial charge < -0.3 is 0 Å². The third-order valence-electron chi connectivity index (χ3n) is 3.95. The Labute approximate surface area is 163 Å². The molecule has 1 atom stereocenters. The SMILES string of the molecule is CC(=O)SCC(=O)c1ccc(N(c2ccc3ccccc3c2)S(=O)O)cc1. The molecule has 138 valence electrons. The molecule has 1 N–H and O–H groups in total. The lowest BCUT2D eigenvalue weighted by atomic mass is 10.1. The van der Waals surface area contributed by atoms with E-state index < -0.39 is 11.3 Å². The minimum Gasteiger partial charge on any atom is -0.293 e. The first-order chi connectivity index (χ1) is 13.0. The largest absolute Gasteiger partial charge is 0.293 e. The fraction of sp³-hybridized carbons (Fsp3) is 0.100. The Kier molecular flexibility index (Phi) is 6.05. The lowest BCUT2D eigenvalue weighted by molar-refractivity contribution is -0.109. The van der Waals surface area contributed by atoms with Gasteiger partial charge in [-0.15, -0.1) is 0 Å². The molecular weight excluding hydrogens is 382 g/mol. The Balaban J connectivity index is 1.89. The number of carbonyl (C=O) groups is 2. The van der Waals surface area contributed by atoms with Crippen molar-refractivity contribution in [2.24, 2.45) is 0 Å². The van der Waals surface area contributed by atoms with Crippen molar-refractivity contribution in [2.75, 3.05) is 10.1 Å². The Hall–Kier alpha value is -2.48. The van der Waals surface area contributed by atoms with Crippen molar-refractivity contribution in [1.82, 2.24) is 0 Å². The topological polar surface area (TPSA) is 74.7 Å². The molecule has 0 fully saturated rings. The second kappa shape index (κ2) is 8.47. The molecule has 27 heavy (non-hydrogen) atoms. The van der Waals surface area contributed by atoms with Crippen LogP contribution in [0.25, 0.3) is 10.8 Å². The fourth-order valence-corrected chi connectivity index (χ4v) is 3.76. The van der Waals surface area contributed by atoms with Gasteiger partial charge in [-0.05, 0) is 47.2 Å². The van der Waals surface area contributed by atoms with E-state index >= 15 is 0 Å². The van der Waals surface area contributed by atoms with Gasteiger partial charge in [0.25, 0.3) is 11.3 Å². The number of anilines is 2. The molecule has 0 aliphatic carbocycles. The Morgan fingerprint density at radius 2 is 1.59 bits per heavy atom. The van der Waals surface area contributed by atoms with Crippen LogP contribution in [0.1, 0.15) is 17.3 Å². The zero-order valence-corrected chi connectivity index (χ0v) is 16.1. The maximum atomic E-state index is 12.1. The van der Waals surface area contributed by atoms with Gasteiger partial charge in [0.15, 0.2) is 10.9 Å². The summed E-state index contributed by atoms with van der Waals surface area (Å²) in [7, 11) is 0. The summed E-state index contributed by atoms with van der Waals surface area (Å²) in [5.74, 6) is -0.0845. The minimum atomic E-state index is -2.28. The number of ketones is 1. The molecule has 0 saturated heterocycles. The van der Waals surface area contributed by atoms with Crippen molar-refractivity contribution in [2.45, 2.75) is 6.92 Å². The summed E-state index contributed by atoms with van der Waals surface area (Å²) in [4.78, 5) is 23.1. The van der Waals surface area contributed by atoms with Crippen LogP contribution in [0.3, 0.4) is 0 Å². The summed E-state index contributed by atoms with van der Waals surface area (Å²) in [6, 6.07) is 19.7. The summed E-state index contributed by atoms with van der Waals surface area (Å²) in [5, 5.41) is 1.88. The molecule has 0 aliphatic heterocycles. The Bertz CT molecular complexity index is 1020. The summed E-state index contributed by atoms with van der Waals surface area (Å²) in [5.41, 5.74) is 1.51. The van der Waals surface area contributed by atoms with Gasteiger partial charge in [0.05, 0.1) is 17.1 Å². The third kappa shape index (κ3) is 4.63. The van der Waals surface area contributed by atoms with Gasteiger partial charge in [-0.3, -0.25) is 14.1 Å². The summed E-state index contributed by atoms with van der Waals surface area (Å²) in [6.07, 6.45) is 0.